The van der Waals surface area contributed by atoms with E-state index in [-0.39, 0.29) is 0 Å². The molecule has 1 fully saturated rings. The number of nitrogens with zero attached hydrogens (tertiary/aromatic N) is 1. The summed E-state index contributed by atoms with van der Waals surface area (Å²) < 4.78 is 2.28. The Morgan fingerprint density at radius 1 is 1.21 bits per heavy atom. The standard InChI is InChI=1S/C13H16N/c1-14-7-3-2-4-13(14)12-9-10-5-6-11(12)8-10/h2-7,10-12H,8-9H2,1H3/q+1. The molecule has 3 unspecified atom stereocenters. The first-order valence-corrected chi connectivity index (χ1v) is 5.47. The first kappa shape index (κ1) is 8.22. The van der Waals surface area contributed by atoms with E-state index >= 15 is 0 Å². The van der Waals surface area contributed by atoms with E-state index in [1.807, 2.05) is 0 Å². The zero-order valence-electron chi connectivity index (χ0n) is 8.56. The fraction of sp³-hybridized carbons (Fsp3) is 0.462. The molecule has 0 aromatic carbocycles. The van der Waals surface area contributed by atoms with Gasteiger partial charge in [0.05, 0.1) is 5.92 Å². The molecule has 0 aliphatic heterocycles. The van der Waals surface area contributed by atoms with Crippen LogP contribution < -0.4 is 4.57 Å². The largest absolute Gasteiger partial charge is 0.205 e. The van der Waals surface area contributed by atoms with Crippen LogP contribution in [-0.2, 0) is 7.05 Å². The lowest BCUT2D eigenvalue weighted by atomic mass is 9.90. The number of pyridine rings is 1. The first-order chi connectivity index (χ1) is 6.84. The normalized spacial score (nSPS) is 33.9. The smallest absolute Gasteiger partial charge is 0.184 e. The summed E-state index contributed by atoms with van der Waals surface area (Å²) in [7, 11) is 2.16. The predicted molar refractivity (Wildman–Crippen MR) is 55.7 cm³/mol. The summed E-state index contributed by atoms with van der Waals surface area (Å²) in [4.78, 5) is 0. The molecule has 0 saturated heterocycles. The van der Waals surface area contributed by atoms with Crippen molar-refractivity contribution in [2.24, 2.45) is 18.9 Å². The Kier molecular flexibility index (Phi) is 1.73. The second kappa shape index (κ2) is 2.94. The van der Waals surface area contributed by atoms with Gasteiger partial charge in [0.2, 0.25) is 0 Å². The fourth-order valence-electron chi connectivity index (χ4n) is 3.04. The molecule has 2 aliphatic rings. The monoisotopic (exact) mass is 186 g/mol. The van der Waals surface area contributed by atoms with Crippen LogP contribution in [0.4, 0.5) is 0 Å². The number of allylic oxidation sites excluding steroid dienone is 2. The number of hydrogen-bond donors (Lipinski definition) is 0. The Labute approximate surface area is 85.1 Å². The van der Waals surface area contributed by atoms with E-state index in [4.69, 9.17) is 0 Å². The van der Waals surface area contributed by atoms with Crippen LogP contribution in [0.25, 0.3) is 0 Å². The van der Waals surface area contributed by atoms with Gasteiger partial charge in [0, 0.05) is 12.1 Å². The van der Waals surface area contributed by atoms with Gasteiger partial charge >= 0.3 is 0 Å². The Balaban J connectivity index is 1.97. The van der Waals surface area contributed by atoms with Crippen LogP contribution in [0.15, 0.2) is 36.5 Å². The average molecular weight is 186 g/mol. The molecular formula is C13H16N+. The minimum absolute atomic E-state index is 0.774. The zero-order valence-corrected chi connectivity index (χ0v) is 8.56. The van der Waals surface area contributed by atoms with Crippen molar-refractivity contribution in [3.8, 4) is 0 Å². The minimum atomic E-state index is 0.774. The van der Waals surface area contributed by atoms with Crippen LogP contribution in [0.5, 0.6) is 0 Å². The van der Waals surface area contributed by atoms with E-state index in [9.17, 15) is 0 Å². The molecule has 2 bridgehead atoms. The van der Waals surface area contributed by atoms with Crippen LogP contribution in [0.3, 0.4) is 0 Å². The molecule has 1 heterocycles. The zero-order chi connectivity index (χ0) is 9.54. The Morgan fingerprint density at radius 2 is 2.14 bits per heavy atom. The number of fused-ring (bicyclic) bond motifs is 2. The molecule has 3 atom stereocenters. The van der Waals surface area contributed by atoms with Gasteiger partial charge in [-0.05, 0) is 24.7 Å². The lowest BCUT2D eigenvalue weighted by Gasteiger charge is -2.15. The maximum Gasteiger partial charge on any atom is 0.184 e. The van der Waals surface area contributed by atoms with Gasteiger partial charge in [-0.2, -0.15) is 0 Å². The number of hydrogen-bond acceptors (Lipinski definition) is 0. The van der Waals surface area contributed by atoms with Gasteiger partial charge in [-0.3, -0.25) is 0 Å². The topological polar surface area (TPSA) is 3.88 Å². The summed E-state index contributed by atoms with van der Waals surface area (Å²) in [6.45, 7) is 0. The van der Waals surface area contributed by atoms with Crippen molar-refractivity contribution in [2.45, 2.75) is 18.8 Å². The quantitative estimate of drug-likeness (QED) is 0.467. The molecule has 14 heavy (non-hydrogen) atoms. The highest BCUT2D eigenvalue weighted by atomic mass is 14.9. The van der Waals surface area contributed by atoms with E-state index < -0.39 is 0 Å². The molecule has 2 aliphatic carbocycles. The van der Waals surface area contributed by atoms with Crippen molar-refractivity contribution >= 4 is 0 Å². The molecule has 3 rings (SSSR count). The van der Waals surface area contributed by atoms with Crippen molar-refractivity contribution in [2.75, 3.05) is 0 Å². The highest BCUT2D eigenvalue weighted by Crippen LogP contribution is 2.47. The first-order valence-electron chi connectivity index (χ1n) is 5.47. The summed E-state index contributed by atoms with van der Waals surface area (Å²) in [5.41, 5.74) is 1.50. The van der Waals surface area contributed by atoms with Crippen LogP contribution in [0.1, 0.15) is 24.5 Å². The lowest BCUT2D eigenvalue weighted by Crippen LogP contribution is -2.35. The molecule has 0 N–H and O–H groups in total. The minimum Gasteiger partial charge on any atom is -0.205 e. The van der Waals surface area contributed by atoms with Crippen molar-refractivity contribution in [3.05, 3.63) is 42.2 Å². The SMILES string of the molecule is C[n+]1ccccc1C1CC2C=CC1C2. The highest BCUT2D eigenvalue weighted by molar-refractivity contribution is 5.19. The third-order valence-electron chi connectivity index (χ3n) is 3.75. The molecule has 72 valence electrons. The fourth-order valence-corrected chi connectivity index (χ4v) is 3.04. The Morgan fingerprint density at radius 3 is 2.79 bits per heavy atom. The van der Waals surface area contributed by atoms with E-state index in [2.05, 4.69) is 48.2 Å². The van der Waals surface area contributed by atoms with Gasteiger partial charge in [0.25, 0.3) is 0 Å². The van der Waals surface area contributed by atoms with Gasteiger partial charge in [-0.15, -0.1) is 0 Å². The van der Waals surface area contributed by atoms with Crippen molar-refractivity contribution in [1.82, 2.24) is 0 Å². The van der Waals surface area contributed by atoms with E-state index in [0.717, 1.165) is 17.8 Å². The summed E-state index contributed by atoms with van der Waals surface area (Å²) >= 11 is 0. The molecule has 0 spiro atoms. The second-order valence-corrected chi connectivity index (χ2v) is 4.62. The van der Waals surface area contributed by atoms with Crippen molar-refractivity contribution < 1.29 is 4.57 Å². The van der Waals surface area contributed by atoms with Gasteiger partial charge in [-0.25, -0.2) is 4.57 Å². The third kappa shape index (κ3) is 1.12. The number of aromatic nitrogens is 1. The van der Waals surface area contributed by atoms with Crippen LogP contribution in [0, 0.1) is 11.8 Å². The lowest BCUT2D eigenvalue weighted by molar-refractivity contribution is -0.680. The average Bonchev–Trinajstić information content (AvgIpc) is 2.79. The van der Waals surface area contributed by atoms with E-state index in [1.54, 1.807) is 0 Å². The maximum absolute atomic E-state index is 2.42. The van der Waals surface area contributed by atoms with Crippen LogP contribution in [0.2, 0.25) is 0 Å². The summed E-state index contributed by atoms with van der Waals surface area (Å²) in [5.74, 6) is 2.45. The molecule has 1 aromatic heterocycles. The van der Waals surface area contributed by atoms with E-state index in [1.165, 1.54) is 18.5 Å². The summed E-state index contributed by atoms with van der Waals surface area (Å²) in [6.07, 6.45) is 9.74. The van der Waals surface area contributed by atoms with E-state index in [0.29, 0.717) is 0 Å². The van der Waals surface area contributed by atoms with Crippen molar-refractivity contribution in [3.63, 3.8) is 0 Å². The molecule has 0 amide bonds. The Hall–Kier alpha value is -1.11. The van der Waals surface area contributed by atoms with Gasteiger partial charge in [0.15, 0.2) is 11.9 Å². The molecule has 1 heteroatoms. The van der Waals surface area contributed by atoms with Crippen LogP contribution >= 0.6 is 0 Å². The highest BCUT2D eigenvalue weighted by Gasteiger charge is 2.39. The molecular weight excluding hydrogens is 170 g/mol. The third-order valence-corrected chi connectivity index (χ3v) is 3.75. The summed E-state index contributed by atoms with van der Waals surface area (Å²) in [5, 5.41) is 0. The molecule has 1 nitrogen and oxygen atoms in total. The maximum atomic E-state index is 2.42. The predicted octanol–water partition coefficient (Wildman–Crippen LogP) is 2.19. The summed E-state index contributed by atoms with van der Waals surface area (Å²) in [6, 6.07) is 6.54. The molecule has 1 aromatic rings. The van der Waals surface area contributed by atoms with Crippen molar-refractivity contribution in [1.29, 1.82) is 0 Å². The molecule has 1 saturated carbocycles. The number of aryl methyl sites for hydroxylation is 1. The number of rotatable bonds is 1. The van der Waals surface area contributed by atoms with Gasteiger partial charge in [-0.1, -0.05) is 18.2 Å². The second-order valence-electron chi connectivity index (χ2n) is 4.62. The van der Waals surface area contributed by atoms with Gasteiger partial charge in [0.1, 0.15) is 7.05 Å². The van der Waals surface area contributed by atoms with Crippen LogP contribution in [-0.4, -0.2) is 0 Å². The van der Waals surface area contributed by atoms with Gasteiger partial charge < -0.3 is 0 Å². The Bertz CT molecular complexity index is 381. The molecule has 0 radical (unpaired) electrons.